The van der Waals surface area contributed by atoms with Gasteiger partial charge < -0.3 is 15.5 Å². The van der Waals surface area contributed by atoms with Gasteiger partial charge >= 0.3 is 0 Å². The van der Waals surface area contributed by atoms with E-state index >= 15 is 0 Å². The monoisotopic (exact) mass is 389 g/mol. The van der Waals surface area contributed by atoms with Crippen molar-refractivity contribution in [1.82, 2.24) is 9.78 Å². The van der Waals surface area contributed by atoms with E-state index in [1.807, 2.05) is 12.1 Å². The molecule has 1 aromatic heterocycles. The number of benzene rings is 2. The molecule has 2 aromatic carbocycles. The van der Waals surface area contributed by atoms with Crippen molar-refractivity contribution in [2.45, 2.75) is 25.4 Å². The minimum atomic E-state index is -0.528. The lowest BCUT2D eigenvalue weighted by molar-refractivity contribution is 0.183. The number of halogens is 1. The summed E-state index contributed by atoms with van der Waals surface area (Å²) in [6.45, 7) is 0. The van der Waals surface area contributed by atoms with E-state index in [4.69, 9.17) is 15.4 Å². The van der Waals surface area contributed by atoms with E-state index in [1.165, 1.54) is 6.07 Å². The van der Waals surface area contributed by atoms with E-state index in [0.29, 0.717) is 22.7 Å². The van der Waals surface area contributed by atoms with Gasteiger partial charge in [-0.1, -0.05) is 6.07 Å². The smallest absolute Gasteiger partial charge is 0.137 e. The van der Waals surface area contributed by atoms with Gasteiger partial charge in [-0.2, -0.15) is 10.4 Å². The molecular formula is C22H20FN5O. The largest absolute Gasteiger partial charge is 0.486 e. The first-order valence-corrected chi connectivity index (χ1v) is 9.36. The highest BCUT2D eigenvalue weighted by Gasteiger charge is 2.23. The van der Waals surface area contributed by atoms with Crippen LogP contribution in [0.2, 0.25) is 0 Å². The molecule has 1 aliphatic rings. The number of nitriles is 1. The first kappa shape index (κ1) is 18.7. The number of anilines is 2. The molecule has 0 aliphatic heterocycles. The highest BCUT2D eigenvalue weighted by molar-refractivity contribution is 5.88. The maximum atomic E-state index is 14.6. The number of nitrogens with zero attached hydrogens (tertiary/aromatic N) is 3. The minimum absolute atomic E-state index is 0.156. The van der Waals surface area contributed by atoms with Crippen LogP contribution in [0.15, 0.2) is 42.7 Å². The molecule has 1 atom stereocenters. The lowest BCUT2D eigenvalue weighted by Crippen LogP contribution is -2.16. The second-order valence-electron chi connectivity index (χ2n) is 7.06. The summed E-state index contributed by atoms with van der Waals surface area (Å²) in [5.41, 5.74) is 4.06. The number of hydrogen-bond donors (Lipinski definition) is 2. The molecular weight excluding hydrogens is 369 g/mol. The number of hydrogen-bond acceptors (Lipinski definition) is 5. The second kappa shape index (κ2) is 7.76. The van der Waals surface area contributed by atoms with Crippen LogP contribution in [0.3, 0.4) is 0 Å². The molecule has 0 fully saturated rings. The molecule has 0 radical (unpaired) electrons. The molecule has 6 nitrogen and oxygen atoms in total. The van der Waals surface area contributed by atoms with Crippen LogP contribution in [0.1, 0.15) is 41.2 Å². The van der Waals surface area contributed by atoms with Crippen molar-refractivity contribution in [3.05, 3.63) is 70.8 Å². The fourth-order valence-electron chi connectivity index (χ4n) is 3.68. The minimum Gasteiger partial charge on any atom is -0.486 e. The topological polar surface area (TPSA) is 86.7 Å². The summed E-state index contributed by atoms with van der Waals surface area (Å²) < 4.78 is 22.4. The van der Waals surface area contributed by atoms with Crippen molar-refractivity contribution in [2.75, 3.05) is 5.32 Å². The number of fused-ring (bicyclic) bond motifs is 1. The molecule has 0 amide bonds. The zero-order chi connectivity index (χ0) is 20.4. The van der Waals surface area contributed by atoms with E-state index in [0.717, 1.165) is 36.6 Å². The number of nitrogens with one attached hydrogen (secondary N) is 2. The Labute approximate surface area is 168 Å². The van der Waals surface area contributed by atoms with Crippen LogP contribution in [0.25, 0.3) is 0 Å². The lowest BCUT2D eigenvalue weighted by Gasteiger charge is -2.27. The summed E-state index contributed by atoms with van der Waals surface area (Å²) in [5, 5.41) is 23.9. The molecule has 29 heavy (non-hydrogen) atoms. The van der Waals surface area contributed by atoms with Gasteiger partial charge in [0, 0.05) is 31.6 Å². The summed E-state index contributed by atoms with van der Waals surface area (Å²) >= 11 is 0. The molecule has 1 unspecified atom stereocenters. The highest BCUT2D eigenvalue weighted by Crippen LogP contribution is 2.36. The van der Waals surface area contributed by atoms with E-state index in [9.17, 15) is 4.39 Å². The molecule has 0 saturated heterocycles. The Morgan fingerprint density at radius 2 is 2.24 bits per heavy atom. The highest BCUT2D eigenvalue weighted by atomic mass is 19.1. The third-order valence-corrected chi connectivity index (χ3v) is 5.04. The van der Waals surface area contributed by atoms with Crippen molar-refractivity contribution in [1.29, 1.82) is 10.7 Å². The van der Waals surface area contributed by atoms with Crippen molar-refractivity contribution < 1.29 is 9.13 Å². The summed E-state index contributed by atoms with van der Waals surface area (Å²) in [6, 6.07) is 10.8. The predicted octanol–water partition coefficient (Wildman–Crippen LogP) is 4.63. The lowest BCUT2D eigenvalue weighted by atomic mass is 9.88. The van der Waals surface area contributed by atoms with Crippen molar-refractivity contribution in [3.63, 3.8) is 0 Å². The van der Waals surface area contributed by atoms with Gasteiger partial charge in [-0.05, 0) is 42.5 Å². The van der Waals surface area contributed by atoms with Crippen molar-refractivity contribution in [3.8, 4) is 11.8 Å². The van der Waals surface area contributed by atoms with Gasteiger partial charge in [0.15, 0.2) is 0 Å². The zero-order valence-corrected chi connectivity index (χ0v) is 15.9. The van der Waals surface area contributed by atoms with E-state index in [1.54, 1.807) is 36.3 Å². The summed E-state index contributed by atoms with van der Waals surface area (Å²) in [4.78, 5) is 0. The van der Waals surface area contributed by atoms with Crippen LogP contribution in [-0.4, -0.2) is 16.0 Å². The van der Waals surface area contributed by atoms with Crippen LogP contribution >= 0.6 is 0 Å². The summed E-state index contributed by atoms with van der Waals surface area (Å²) in [6.07, 6.45) is 6.83. The molecule has 2 N–H and O–H groups in total. The van der Waals surface area contributed by atoms with Gasteiger partial charge in [-0.15, -0.1) is 0 Å². The van der Waals surface area contributed by atoms with E-state index in [2.05, 4.69) is 16.5 Å². The van der Waals surface area contributed by atoms with Crippen molar-refractivity contribution >= 4 is 17.6 Å². The van der Waals surface area contributed by atoms with Gasteiger partial charge in [0.1, 0.15) is 17.7 Å². The van der Waals surface area contributed by atoms with Gasteiger partial charge in [-0.25, -0.2) is 4.39 Å². The number of ether oxygens (including phenoxy) is 1. The van der Waals surface area contributed by atoms with Gasteiger partial charge in [0.05, 0.1) is 34.8 Å². The van der Waals surface area contributed by atoms with Crippen LogP contribution in [0.4, 0.5) is 15.8 Å². The fraction of sp³-hybridized carbons (Fsp3) is 0.227. The van der Waals surface area contributed by atoms with Gasteiger partial charge in [-0.3, -0.25) is 4.68 Å². The van der Waals surface area contributed by atoms with Crippen LogP contribution in [0.5, 0.6) is 5.75 Å². The first-order chi connectivity index (χ1) is 14.1. The van der Waals surface area contributed by atoms with Crippen molar-refractivity contribution in [2.24, 2.45) is 7.05 Å². The van der Waals surface area contributed by atoms with Gasteiger partial charge in [0.2, 0.25) is 0 Å². The second-order valence-corrected chi connectivity index (χ2v) is 7.06. The molecule has 1 heterocycles. The first-order valence-electron chi connectivity index (χ1n) is 9.36. The standard InChI is InChI=1S/C22H20FN5O/c1-28-13-16(12-26-28)27-21-9-17(8-20(23)19(21)11-25)29-22-4-2-3-15-7-14(10-24)5-6-18(15)22/h5-9,11-13,22,25,27H,2-4H2,1H3. The third-order valence-electron chi connectivity index (χ3n) is 5.04. The zero-order valence-electron chi connectivity index (χ0n) is 15.9. The summed E-state index contributed by atoms with van der Waals surface area (Å²) in [7, 11) is 1.79. The quantitative estimate of drug-likeness (QED) is 0.623. The molecule has 1 aliphatic carbocycles. The molecule has 4 rings (SSSR count). The average molecular weight is 389 g/mol. The number of aryl methyl sites for hydroxylation is 2. The maximum Gasteiger partial charge on any atom is 0.137 e. The Balaban J connectivity index is 1.65. The molecule has 0 saturated carbocycles. The average Bonchev–Trinajstić information content (AvgIpc) is 3.12. The molecule has 0 bridgehead atoms. The Kier molecular flexibility index (Phi) is 5.00. The predicted molar refractivity (Wildman–Crippen MR) is 108 cm³/mol. The SMILES string of the molecule is Cn1cc(Nc2cc(OC3CCCc4cc(C#N)ccc43)cc(F)c2C=N)cn1. The van der Waals surface area contributed by atoms with Crippen LogP contribution in [0, 0.1) is 22.6 Å². The molecule has 0 spiro atoms. The van der Waals surface area contributed by atoms with Gasteiger partial charge in [0.25, 0.3) is 0 Å². The Bertz CT molecular complexity index is 1110. The number of rotatable bonds is 5. The van der Waals surface area contributed by atoms with E-state index < -0.39 is 5.82 Å². The van der Waals surface area contributed by atoms with Crippen LogP contribution in [-0.2, 0) is 13.5 Å². The fourth-order valence-corrected chi connectivity index (χ4v) is 3.68. The Morgan fingerprint density at radius 3 is 2.97 bits per heavy atom. The maximum absolute atomic E-state index is 14.6. The Hall–Kier alpha value is -3.66. The number of aromatic nitrogens is 2. The molecule has 7 heteroatoms. The molecule has 3 aromatic rings. The molecule has 146 valence electrons. The Morgan fingerprint density at radius 1 is 1.38 bits per heavy atom. The summed E-state index contributed by atoms with van der Waals surface area (Å²) in [5.74, 6) is -0.138. The van der Waals surface area contributed by atoms with Crippen LogP contribution < -0.4 is 10.1 Å². The third kappa shape index (κ3) is 3.83. The van der Waals surface area contributed by atoms with E-state index in [-0.39, 0.29) is 11.7 Å². The normalized spacial score (nSPS) is 15.3.